The molecule has 4 heteroatoms. The van der Waals surface area contributed by atoms with Crippen LogP contribution in [0.3, 0.4) is 0 Å². The van der Waals surface area contributed by atoms with Crippen molar-refractivity contribution in [2.24, 2.45) is 17.8 Å². The van der Waals surface area contributed by atoms with E-state index in [9.17, 15) is 5.26 Å². The maximum absolute atomic E-state index is 9.25. The number of hydrogen-bond donors (Lipinski definition) is 1. The lowest BCUT2D eigenvalue weighted by molar-refractivity contribution is 0.304. The molecule has 1 heterocycles. The van der Waals surface area contributed by atoms with E-state index in [1.54, 1.807) is 0 Å². The normalized spacial score (nSPS) is 11.2. The van der Waals surface area contributed by atoms with Gasteiger partial charge in [-0.05, 0) is 37.2 Å². The van der Waals surface area contributed by atoms with Gasteiger partial charge in [0.25, 0.3) is 0 Å². The molecular weight excluding hydrogens is 236 g/mol. The van der Waals surface area contributed by atoms with E-state index >= 15 is 0 Å². The number of aromatic nitrogens is 2. The van der Waals surface area contributed by atoms with Crippen LogP contribution in [0.25, 0.3) is 0 Å². The number of aryl methyl sites for hydroxylation is 1. The van der Waals surface area contributed by atoms with Crippen molar-refractivity contribution in [1.82, 2.24) is 10.2 Å². The highest BCUT2D eigenvalue weighted by atomic mass is 15.2. The molecule has 0 aliphatic carbocycles. The van der Waals surface area contributed by atoms with Crippen LogP contribution in [0.15, 0.2) is 0 Å². The van der Waals surface area contributed by atoms with E-state index < -0.39 is 0 Å². The Hall–Kier alpha value is -1.63. The molecule has 0 saturated heterocycles. The van der Waals surface area contributed by atoms with Gasteiger partial charge in [0.1, 0.15) is 11.6 Å². The van der Waals surface area contributed by atoms with E-state index in [0.717, 1.165) is 17.8 Å². The molecule has 0 bridgehead atoms. The standard InChI is InChI=1S/C15H24N4/c1-9(2)14(10(3)4)8-17-15-13(7-16)11(5)12(6)18-19-15/h9-10,14H,8H2,1-6H3,(H,17,19). The SMILES string of the molecule is Cc1nnc(NCC(C(C)C)C(C)C)c(C#N)c1C. The van der Waals surface area contributed by atoms with Gasteiger partial charge >= 0.3 is 0 Å². The minimum Gasteiger partial charge on any atom is -0.367 e. The average molecular weight is 260 g/mol. The molecule has 0 radical (unpaired) electrons. The van der Waals surface area contributed by atoms with Crippen molar-refractivity contribution >= 4 is 5.82 Å². The lowest BCUT2D eigenvalue weighted by Crippen LogP contribution is -2.25. The highest BCUT2D eigenvalue weighted by Crippen LogP contribution is 2.22. The van der Waals surface area contributed by atoms with Crippen LogP contribution in [0.1, 0.15) is 44.5 Å². The van der Waals surface area contributed by atoms with Gasteiger partial charge in [-0.15, -0.1) is 5.10 Å². The number of nitrogens with zero attached hydrogens (tertiary/aromatic N) is 3. The fourth-order valence-corrected chi connectivity index (χ4v) is 2.32. The van der Waals surface area contributed by atoms with Crippen LogP contribution >= 0.6 is 0 Å². The molecule has 19 heavy (non-hydrogen) atoms. The van der Waals surface area contributed by atoms with E-state index in [4.69, 9.17) is 0 Å². The maximum atomic E-state index is 9.25. The van der Waals surface area contributed by atoms with Crippen LogP contribution in [0.4, 0.5) is 5.82 Å². The Kier molecular flexibility index (Phi) is 5.29. The number of rotatable bonds is 5. The third kappa shape index (κ3) is 3.66. The fraction of sp³-hybridized carbons (Fsp3) is 0.667. The van der Waals surface area contributed by atoms with Gasteiger partial charge < -0.3 is 5.32 Å². The van der Waals surface area contributed by atoms with Crippen molar-refractivity contribution in [3.8, 4) is 6.07 Å². The zero-order valence-corrected chi connectivity index (χ0v) is 12.8. The van der Waals surface area contributed by atoms with Crippen LogP contribution in [-0.4, -0.2) is 16.7 Å². The lowest BCUT2D eigenvalue weighted by atomic mass is 9.85. The molecule has 0 saturated carbocycles. The highest BCUT2D eigenvalue weighted by molar-refractivity contribution is 5.55. The van der Waals surface area contributed by atoms with Crippen molar-refractivity contribution in [3.63, 3.8) is 0 Å². The van der Waals surface area contributed by atoms with Crippen LogP contribution in [0.5, 0.6) is 0 Å². The summed E-state index contributed by atoms with van der Waals surface area (Å²) in [5, 5.41) is 20.8. The van der Waals surface area contributed by atoms with Gasteiger partial charge in [0.2, 0.25) is 0 Å². The van der Waals surface area contributed by atoms with Gasteiger partial charge in [-0.25, -0.2) is 0 Å². The average Bonchev–Trinajstić information content (AvgIpc) is 2.33. The molecule has 1 aromatic heterocycles. The van der Waals surface area contributed by atoms with Gasteiger partial charge in [0.05, 0.1) is 5.69 Å². The van der Waals surface area contributed by atoms with Crippen LogP contribution < -0.4 is 5.32 Å². The van der Waals surface area contributed by atoms with Gasteiger partial charge in [0.15, 0.2) is 5.82 Å². The van der Waals surface area contributed by atoms with E-state index in [1.165, 1.54) is 0 Å². The van der Waals surface area contributed by atoms with Gasteiger partial charge in [-0.3, -0.25) is 0 Å². The molecule has 0 spiro atoms. The summed E-state index contributed by atoms with van der Waals surface area (Å²) in [5.74, 6) is 2.35. The number of anilines is 1. The van der Waals surface area contributed by atoms with Gasteiger partial charge in [-0.1, -0.05) is 27.7 Å². The topological polar surface area (TPSA) is 61.6 Å². The Labute approximate surface area is 116 Å². The third-order valence-corrected chi connectivity index (χ3v) is 3.78. The van der Waals surface area contributed by atoms with E-state index in [-0.39, 0.29) is 0 Å². The summed E-state index contributed by atoms with van der Waals surface area (Å²) in [7, 11) is 0. The second-order valence-corrected chi connectivity index (χ2v) is 5.78. The number of nitriles is 1. The first-order valence-corrected chi connectivity index (χ1v) is 6.86. The summed E-state index contributed by atoms with van der Waals surface area (Å²) >= 11 is 0. The Morgan fingerprint density at radius 3 is 2.16 bits per heavy atom. The molecular formula is C15H24N4. The van der Waals surface area contributed by atoms with Crippen molar-refractivity contribution in [1.29, 1.82) is 5.26 Å². The van der Waals surface area contributed by atoms with Crippen molar-refractivity contribution in [3.05, 3.63) is 16.8 Å². The summed E-state index contributed by atoms with van der Waals surface area (Å²) in [4.78, 5) is 0. The zero-order chi connectivity index (χ0) is 14.6. The van der Waals surface area contributed by atoms with Gasteiger partial charge in [0, 0.05) is 6.54 Å². The summed E-state index contributed by atoms with van der Waals surface area (Å²) in [5.41, 5.74) is 2.33. The predicted octanol–water partition coefficient (Wildman–Crippen LogP) is 3.31. The maximum Gasteiger partial charge on any atom is 0.166 e. The molecule has 4 nitrogen and oxygen atoms in total. The Bertz CT molecular complexity index is 464. The van der Waals surface area contributed by atoms with Gasteiger partial charge in [-0.2, -0.15) is 10.4 Å². The third-order valence-electron chi connectivity index (χ3n) is 3.78. The van der Waals surface area contributed by atoms with E-state index in [1.807, 2.05) is 13.8 Å². The largest absolute Gasteiger partial charge is 0.367 e. The highest BCUT2D eigenvalue weighted by Gasteiger charge is 2.18. The molecule has 0 aromatic carbocycles. The van der Waals surface area contributed by atoms with Crippen LogP contribution in [0, 0.1) is 42.9 Å². The van der Waals surface area contributed by atoms with E-state index in [2.05, 4.69) is 49.3 Å². The molecule has 0 unspecified atom stereocenters. The fourth-order valence-electron chi connectivity index (χ4n) is 2.32. The molecule has 1 aromatic rings. The molecule has 0 atom stereocenters. The van der Waals surface area contributed by atoms with Crippen LogP contribution in [-0.2, 0) is 0 Å². The second-order valence-electron chi connectivity index (χ2n) is 5.78. The first kappa shape index (κ1) is 15.4. The zero-order valence-electron chi connectivity index (χ0n) is 12.8. The molecule has 1 rings (SSSR count). The minimum atomic E-state index is 0.551. The predicted molar refractivity (Wildman–Crippen MR) is 77.9 cm³/mol. The quantitative estimate of drug-likeness (QED) is 0.882. The van der Waals surface area contributed by atoms with Crippen LogP contribution in [0.2, 0.25) is 0 Å². The van der Waals surface area contributed by atoms with Crippen molar-refractivity contribution < 1.29 is 0 Å². The lowest BCUT2D eigenvalue weighted by Gasteiger charge is -2.25. The Morgan fingerprint density at radius 1 is 1.11 bits per heavy atom. The van der Waals surface area contributed by atoms with E-state index in [0.29, 0.717) is 29.1 Å². The summed E-state index contributed by atoms with van der Waals surface area (Å²) in [6.07, 6.45) is 0. The molecule has 0 aliphatic heterocycles. The number of hydrogen-bond acceptors (Lipinski definition) is 4. The Balaban J connectivity index is 2.90. The second kappa shape index (κ2) is 6.51. The summed E-state index contributed by atoms with van der Waals surface area (Å²) < 4.78 is 0. The Morgan fingerprint density at radius 2 is 1.68 bits per heavy atom. The first-order valence-electron chi connectivity index (χ1n) is 6.86. The summed E-state index contributed by atoms with van der Waals surface area (Å²) in [6, 6.07) is 2.22. The first-order chi connectivity index (χ1) is 8.88. The molecule has 104 valence electrons. The molecule has 1 N–H and O–H groups in total. The molecule has 0 aliphatic rings. The monoisotopic (exact) mass is 260 g/mol. The van der Waals surface area contributed by atoms with Crippen molar-refractivity contribution in [2.45, 2.75) is 41.5 Å². The molecule has 0 amide bonds. The van der Waals surface area contributed by atoms with Crippen molar-refractivity contribution in [2.75, 3.05) is 11.9 Å². The summed E-state index contributed by atoms with van der Waals surface area (Å²) in [6.45, 7) is 13.5. The molecule has 0 fully saturated rings. The number of nitrogens with one attached hydrogen (secondary N) is 1. The minimum absolute atomic E-state index is 0.551. The smallest absolute Gasteiger partial charge is 0.166 e.